The lowest BCUT2D eigenvalue weighted by molar-refractivity contribution is -0.121. The number of benzene rings is 4. The molecule has 4 rings (SSSR count). The van der Waals surface area contributed by atoms with Gasteiger partial charge in [-0.1, -0.05) is 77.9 Å². The molecule has 0 unspecified atom stereocenters. The molecule has 1 atom stereocenters. The molecule has 0 aromatic heterocycles. The van der Waals surface area contributed by atoms with Gasteiger partial charge in [0.25, 0.3) is 0 Å². The van der Waals surface area contributed by atoms with E-state index in [-0.39, 0.29) is 11.3 Å². The Balaban J connectivity index is 1.41. The monoisotopic (exact) mass is 585 g/mol. The van der Waals surface area contributed by atoms with E-state index in [2.05, 4.69) is 21.3 Å². The number of nitrogens with zero attached hydrogens (tertiary/aromatic N) is 1. The van der Waals surface area contributed by atoms with Crippen LogP contribution in [0.4, 0.5) is 0 Å². The van der Waals surface area contributed by atoms with Crippen molar-refractivity contribution in [3.63, 3.8) is 0 Å². The highest BCUT2D eigenvalue weighted by Gasteiger charge is 2.23. The first-order valence-corrected chi connectivity index (χ1v) is 15.1. The van der Waals surface area contributed by atoms with Crippen molar-refractivity contribution in [2.45, 2.75) is 44.7 Å². The molecule has 0 aliphatic heterocycles. The average molecular weight is 586 g/mol. The van der Waals surface area contributed by atoms with Crippen molar-refractivity contribution in [2.75, 3.05) is 6.61 Å². The Bertz CT molecular complexity index is 1620. The van der Waals surface area contributed by atoms with E-state index in [1.165, 1.54) is 6.21 Å². The van der Waals surface area contributed by atoms with Crippen LogP contribution in [0.3, 0.4) is 0 Å². The Morgan fingerprint density at radius 3 is 2.33 bits per heavy atom. The zero-order chi connectivity index (χ0) is 30.0. The normalized spacial score (nSPS) is 12.2. The quantitative estimate of drug-likeness (QED) is 0.151. The van der Waals surface area contributed by atoms with Crippen molar-refractivity contribution >= 4 is 22.1 Å². The minimum absolute atomic E-state index is 0.129. The molecule has 4 aromatic rings. The number of carbonyl (C=O) groups is 1. The average Bonchev–Trinajstić information content (AvgIpc) is 2.97. The van der Waals surface area contributed by atoms with Crippen LogP contribution in [0.25, 0.3) is 0 Å². The summed E-state index contributed by atoms with van der Waals surface area (Å²) in [6, 6.07) is 28.2. The van der Waals surface area contributed by atoms with Crippen molar-refractivity contribution in [1.29, 1.82) is 0 Å². The molecule has 42 heavy (non-hydrogen) atoms. The molecule has 2 N–H and O–H groups in total. The summed E-state index contributed by atoms with van der Waals surface area (Å²) in [5.41, 5.74) is 7.03. The fraction of sp³-hybridized carbons (Fsp3) is 0.212. The molecule has 0 saturated carbocycles. The van der Waals surface area contributed by atoms with Crippen LogP contribution in [-0.4, -0.2) is 27.1 Å². The van der Waals surface area contributed by atoms with Gasteiger partial charge in [-0.2, -0.15) is 5.10 Å². The summed E-state index contributed by atoms with van der Waals surface area (Å²) in [6.45, 7) is 6.67. The second-order valence-electron chi connectivity index (χ2n) is 9.81. The smallest absolute Gasteiger partial charge is 0.242 e. The zero-order valence-electron chi connectivity index (χ0n) is 23.9. The maximum absolute atomic E-state index is 13.1. The molecule has 0 fully saturated rings. The Labute approximate surface area is 247 Å². The summed E-state index contributed by atoms with van der Waals surface area (Å²) in [5, 5.41) is 4.09. The third kappa shape index (κ3) is 8.76. The van der Waals surface area contributed by atoms with Crippen molar-refractivity contribution in [3.05, 3.63) is 125 Å². The van der Waals surface area contributed by atoms with E-state index in [0.717, 1.165) is 16.7 Å². The molecule has 0 heterocycles. The van der Waals surface area contributed by atoms with Gasteiger partial charge < -0.3 is 9.47 Å². The summed E-state index contributed by atoms with van der Waals surface area (Å²) >= 11 is 0. The third-order valence-corrected chi connectivity index (χ3v) is 7.86. The van der Waals surface area contributed by atoms with Crippen LogP contribution < -0.4 is 19.6 Å². The fourth-order valence-corrected chi connectivity index (χ4v) is 5.48. The third-order valence-electron chi connectivity index (χ3n) is 6.37. The van der Waals surface area contributed by atoms with E-state index >= 15 is 0 Å². The molecular weight excluding hydrogens is 550 g/mol. The number of hydrazone groups is 1. The van der Waals surface area contributed by atoms with Crippen LogP contribution in [0.1, 0.15) is 47.2 Å². The van der Waals surface area contributed by atoms with Crippen molar-refractivity contribution in [1.82, 2.24) is 10.1 Å². The van der Waals surface area contributed by atoms with Gasteiger partial charge in [0.05, 0.1) is 23.8 Å². The number of hydrogen-bond donors (Lipinski definition) is 2. The number of hydrogen-bond acceptors (Lipinski definition) is 6. The number of carbonyl (C=O) groups excluding carboxylic acids is 1. The van der Waals surface area contributed by atoms with E-state index in [0.29, 0.717) is 35.8 Å². The van der Waals surface area contributed by atoms with Crippen molar-refractivity contribution in [2.24, 2.45) is 5.10 Å². The first kappa shape index (κ1) is 30.5. The maximum Gasteiger partial charge on any atom is 0.242 e. The number of rotatable bonds is 13. The highest BCUT2D eigenvalue weighted by atomic mass is 32.2. The topological polar surface area (TPSA) is 106 Å². The van der Waals surface area contributed by atoms with Crippen LogP contribution in [0, 0.1) is 13.8 Å². The predicted octanol–water partition coefficient (Wildman–Crippen LogP) is 5.84. The molecule has 4 aromatic carbocycles. The van der Waals surface area contributed by atoms with Gasteiger partial charge in [-0.3, -0.25) is 4.79 Å². The second-order valence-corrected chi connectivity index (χ2v) is 11.5. The molecule has 0 spiro atoms. The van der Waals surface area contributed by atoms with E-state index in [9.17, 15) is 13.2 Å². The molecule has 218 valence electrons. The Morgan fingerprint density at radius 1 is 0.857 bits per heavy atom. The van der Waals surface area contributed by atoms with E-state index < -0.39 is 22.0 Å². The van der Waals surface area contributed by atoms with E-state index in [1.807, 2.05) is 51.1 Å². The summed E-state index contributed by atoms with van der Waals surface area (Å²) < 4.78 is 40.6. The Kier molecular flexibility index (Phi) is 10.5. The molecule has 0 bridgehead atoms. The lowest BCUT2D eigenvalue weighted by atomic mass is 10.0. The number of nitrogens with one attached hydrogen (secondary N) is 2. The minimum Gasteiger partial charge on any atom is -0.490 e. The molecule has 8 nitrogen and oxygen atoms in total. The van der Waals surface area contributed by atoms with Crippen molar-refractivity contribution in [3.8, 4) is 11.5 Å². The van der Waals surface area contributed by atoms with Crippen LogP contribution in [-0.2, 0) is 21.4 Å². The molecule has 0 saturated heterocycles. The van der Waals surface area contributed by atoms with E-state index in [1.54, 1.807) is 60.7 Å². The van der Waals surface area contributed by atoms with Gasteiger partial charge in [-0.15, -0.1) is 0 Å². The second kappa shape index (κ2) is 14.4. The van der Waals surface area contributed by atoms with Gasteiger partial charge >= 0.3 is 0 Å². The fourth-order valence-electron chi connectivity index (χ4n) is 4.25. The van der Waals surface area contributed by atoms with Crippen molar-refractivity contribution < 1.29 is 22.7 Å². The summed E-state index contributed by atoms with van der Waals surface area (Å²) in [6.07, 6.45) is 1.35. The molecule has 9 heteroatoms. The SMILES string of the molecule is CCOc1cc(/C=N\NC(=O)C[C@H](NS(=O)(=O)c2ccc(C)cc2)c2ccccc2)ccc1OCc1cccc(C)c1. The zero-order valence-corrected chi connectivity index (χ0v) is 24.7. The predicted molar refractivity (Wildman–Crippen MR) is 164 cm³/mol. The molecule has 0 aliphatic carbocycles. The van der Waals surface area contributed by atoms with Crippen LogP contribution >= 0.6 is 0 Å². The first-order chi connectivity index (χ1) is 20.2. The molecule has 0 aliphatic rings. The number of sulfonamides is 1. The van der Waals surface area contributed by atoms with Gasteiger partial charge in [-0.25, -0.2) is 18.6 Å². The lowest BCUT2D eigenvalue weighted by Crippen LogP contribution is -2.32. The summed E-state index contributed by atoms with van der Waals surface area (Å²) in [4.78, 5) is 13.0. The summed E-state index contributed by atoms with van der Waals surface area (Å²) in [7, 11) is -3.87. The first-order valence-electron chi connectivity index (χ1n) is 13.6. The van der Waals surface area contributed by atoms with Gasteiger partial charge in [0, 0.05) is 6.42 Å². The van der Waals surface area contributed by atoms with Crippen LogP contribution in [0.5, 0.6) is 11.5 Å². The maximum atomic E-state index is 13.1. The molecule has 0 radical (unpaired) electrons. The highest BCUT2D eigenvalue weighted by molar-refractivity contribution is 7.89. The Morgan fingerprint density at radius 2 is 1.62 bits per heavy atom. The molecular formula is C33H35N3O5S. The minimum atomic E-state index is -3.87. The van der Waals surface area contributed by atoms with Gasteiger partial charge in [0.1, 0.15) is 6.61 Å². The number of ether oxygens (including phenoxy) is 2. The highest BCUT2D eigenvalue weighted by Crippen LogP contribution is 2.29. The lowest BCUT2D eigenvalue weighted by Gasteiger charge is -2.18. The summed E-state index contributed by atoms with van der Waals surface area (Å²) in [5.74, 6) is 0.719. The number of amides is 1. The standard InChI is InChI=1S/C33H35N3O5S/c1-4-40-32-20-26(15-18-31(32)41-23-27-10-8-9-25(3)19-27)22-34-35-33(37)21-30(28-11-6-5-7-12-28)36-42(38,39)29-16-13-24(2)14-17-29/h5-20,22,30,36H,4,21,23H2,1-3H3,(H,35,37)/b34-22-/t30-/m0/s1. The van der Waals surface area contributed by atoms with Gasteiger partial charge in [-0.05, 0) is 67.8 Å². The van der Waals surface area contributed by atoms with Crippen LogP contribution in [0.2, 0.25) is 0 Å². The Hall–Kier alpha value is -4.47. The molecule has 1 amide bonds. The van der Waals surface area contributed by atoms with Gasteiger partial charge in [0.2, 0.25) is 15.9 Å². The van der Waals surface area contributed by atoms with Crippen LogP contribution in [0.15, 0.2) is 107 Å². The number of aryl methyl sites for hydroxylation is 2. The largest absolute Gasteiger partial charge is 0.490 e. The van der Waals surface area contributed by atoms with E-state index in [4.69, 9.17) is 9.47 Å². The van der Waals surface area contributed by atoms with Gasteiger partial charge in [0.15, 0.2) is 11.5 Å².